The first kappa shape index (κ1) is 31.5. The summed E-state index contributed by atoms with van der Waals surface area (Å²) in [5.74, 6) is 0.445. The van der Waals surface area contributed by atoms with Crippen LogP contribution in [0, 0.1) is 6.92 Å². The number of rotatable bonds is 14. The molecule has 216 valence electrons. The average molecular weight is 581 g/mol. The molecule has 1 aromatic heterocycles. The van der Waals surface area contributed by atoms with Crippen LogP contribution in [-0.2, 0) is 21.0 Å². The van der Waals surface area contributed by atoms with Gasteiger partial charge >= 0.3 is 5.97 Å². The number of esters is 1. The zero-order chi connectivity index (χ0) is 28.2. The van der Waals surface area contributed by atoms with Crippen LogP contribution in [0.4, 0.5) is 0 Å². The predicted molar refractivity (Wildman–Crippen MR) is 159 cm³/mol. The molecule has 0 N–H and O–H groups in total. The number of hydrogen-bond donors (Lipinski definition) is 0. The SMILES string of the molecule is CCCCCC(=O)OCn1c(/C=C(\C)OCCCCN2CCN(C3C=CC=C(Cl)C3Cl)CC2)c(C)ccc1=O. The maximum absolute atomic E-state index is 12.5. The van der Waals surface area contributed by atoms with Crippen molar-refractivity contribution in [3.8, 4) is 0 Å². The number of carbonyl (C=O) groups is 1. The number of ether oxygens (including phenoxy) is 2. The highest BCUT2D eigenvalue weighted by atomic mass is 35.5. The van der Waals surface area contributed by atoms with Crippen molar-refractivity contribution in [2.24, 2.45) is 0 Å². The lowest BCUT2D eigenvalue weighted by atomic mass is 10.1. The molecule has 0 spiro atoms. The molecule has 2 heterocycles. The summed E-state index contributed by atoms with van der Waals surface area (Å²) in [5, 5.41) is 0.541. The summed E-state index contributed by atoms with van der Waals surface area (Å²) in [6.45, 7) is 11.5. The van der Waals surface area contributed by atoms with E-state index in [4.69, 9.17) is 32.7 Å². The zero-order valence-electron chi connectivity index (χ0n) is 23.5. The molecule has 2 atom stereocenters. The van der Waals surface area contributed by atoms with Crippen molar-refractivity contribution in [1.29, 1.82) is 0 Å². The van der Waals surface area contributed by atoms with Crippen LogP contribution in [0.3, 0.4) is 0 Å². The Kier molecular flexibility index (Phi) is 13.1. The lowest BCUT2D eigenvalue weighted by molar-refractivity contribution is -0.147. The summed E-state index contributed by atoms with van der Waals surface area (Å²) < 4.78 is 12.8. The topological polar surface area (TPSA) is 64.0 Å². The van der Waals surface area contributed by atoms with Gasteiger partial charge in [-0.1, -0.05) is 49.6 Å². The second-order valence-corrected chi connectivity index (χ2v) is 11.2. The predicted octanol–water partition coefficient (Wildman–Crippen LogP) is 5.68. The fourth-order valence-electron chi connectivity index (χ4n) is 4.87. The van der Waals surface area contributed by atoms with Gasteiger partial charge in [0.25, 0.3) is 5.56 Å². The number of aryl methyl sites for hydroxylation is 1. The Hall–Kier alpha value is -2.06. The van der Waals surface area contributed by atoms with Crippen LogP contribution in [0.25, 0.3) is 6.08 Å². The summed E-state index contributed by atoms with van der Waals surface area (Å²) in [7, 11) is 0. The number of aromatic nitrogens is 1. The Labute approximate surface area is 243 Å². The monoisotopic (exact) mass is 579 g/mol. The summed E-state index contributed by atoms with van der Waals surface area (Å²) in [4.78, 5) is 29.5. The number of hydrogen-bond acceptors (Lipinski definition) is 6. The standard InChI is InChI=1S/C30H43Cl2N3O4/c1-4-5-6-12-29(37)39-22-35-27(23(2)13-14-28(35)36)21-24(3)38-20-8-7-15-33-16-18-34(19-17-33)26-11-9-10-25(31)30(26)32/h9-11,13-14,21,26,30H,4-8,12,15-20,22H2,1-3H3/b24-21+. The maximum atomic E-state index is 12.5. The van der Waals surface area contributed by atoms with Gasteiger partial charge in [-0.3, -0.25) is 19.1 Å². The minimum atomic E-state index is -0.281. The molecule has 2 unspecified atom stereocenters. The number of halogens is 2. The Balaban J connectivity index is 1.40. The van der Waals surface area contributed by atoms with Gasteiger partial charge < -0.3 is 14.4 Å². The zero-order valence-corrected chi connectivity index (χ0v) is 25.1. The number of pyridine rings is 1. The third-order valence-electron chi connectivity index (χ3n) is 7.27. The van der Waals surface area contributed by atoms with Gasteiger partial charge in [0.15, 0.2) is 6.73 Å². The molecule has 7 nitrogen and oxygen atoms in total. The molecule has 0 saturated carbocycles. The number of alkyl halides is 1. The lowest BCUT2D eigenvalue weighted by Crippen LogP contribution is -2.52. The van der Waals surface area contributed by atoms with Crippen LogP contribution in [0.15, 0.2) is 45.9 Å². The van der Waals surface area contributed by atoms with Crippen molar-refractivity contribution in [3.63, 3.8) is 0 Å². The number of piperazine rings is 1. The summed E-state index contributed by atoms with van der Waals surface area (Å²) >= 11 is 12.7. The molecule has 1 fully saturated rings. The molecular formula is C30H43Cl2N3O4. The van der Waals surface area contributed by atoms with Gasteiger partial charge in [0.2, 0.25) is 0 Å². The van der Waals surface area contributed by atoms with Crippen LogP contribution >= 0.6 is 23.2 Å². The molecule has 0 amide bonds. The van der Waals surface area contributed by atoms with Gasteiger partial charge in [0, 0.05) is 49.7 Å². The molecule has 3 rings (SSSR count). The highest BCUT2D eigenvalue weighted by molar-refractivity contribution is 6.38. The third-order valence-corrected chi connectivity index (χ3v) is 8.24. The third kappa shape index (κ3) is 9.82. The van der Waals surface area contributed by atoms with E-state index >= 15 is 0 Å². The Morgan fingerprint density at radius 3 is 2.62 bits per heavy atom. The van der Waals surface area contributed by atoms with Gasteiger partial charge in [-0.05, 0) is 57.4 Å². The molecule has 0 bridgehead atoms. The van der Waals surface area contributed by atoms with Crippen molar-refractivity contribution in [2.45, 2.75) is 77.4 Å². The smallest absolute Gasteiger partial charge is 0.307 e. The molecule has 1 aliphatic carbocycles. The van der Waals surface area contributed by atoms with Gasteiger partial charge in [-0.15, -0.1) is 11.6 Å². The second-order valence-electron chi connectivity index (χ2n) is 10.3. The van der Waals surface area contributed by atoms with E-state index in [2.05, 4.69) is 22.8 Å². The Morgan fingerprint density at radius 1 is 1.10 bits per heavy atom. The maximum Gasteiger partial charge on any atom is 0.307 e. The second kappa shape index (κ2) is 16.3. The van der Waals surface area contributed by atoms with Crippen LogP contribution < -0.4 is 5.56 Å². The van der Waals surface area contributed by atoms with Gasteiger partial charge in [0.1, 0.15) is 0 Å². The molecule has 1 aliphatic heterocycles. The van der Waals surface area contributed by atoms with Gasteiger partial charge in [-0.2, -0.15) is 0 Å². The first-order valence-electron chi connectivity index (χ1n) is 14.1. The van der Waals surface area contributed by atoms with Crippen LogP contribution in [0.2, 0.25) is 0 Å². The van der Waals surface area contributed by atoms with E-state index in [1.807, 2.05) is 32.1 Å². The molecule has 1 aromatic rings. The van der Waals surface area contributed by atoms with Gasteiger partial charge in [-0.25, -0.2) is 0 Å². The highest BCUT2D eigenvalue weighted by Gasteiger charge is 2.30. The molecule has 9 heteroatoms. The largest absolute Gasteiger partial charge is 0.498 e. The minimum Gasteiger partial charge on any atom is -0.498 e. The fraction of sp³-hybridized carbons (Fsp3) is 0.600. The van der Waals surface area contributed by atoms with Crippen molar-refractivity contribution in [1.82, 2.24) is 14.4 Å². The van der Waals surface area contributed by atoms with Crippen molar-refractivity contribution < 1.29 is 14.3 Å². The molecule has 2 aliphatic rings. The van der Waals surface area contributed by atoms with Crippen molar-refractivity contribution >= 4 is 35.2 Å². The minimum absolute atomic E-state index is 0.0931. The van der Waals surface area contributed by atoms with E-state index in [-0.39, 0.29) is 29.7 Å². The van der Waals surface area contributed by atoms with E-state index in [1.165, 1.54) is 10.6 Å². The normalized spacial score (nSPS) is 20.6. The lowest BCUT2D eigenvalue weighted by Gasteiger charge is -2.40. The quantitative estimate of drug-likeness (QED) is 0.122. The first-order valence-corrected chi connectivity index (χ1v) is 14.9. The summed E-state index contributed by atoms with van der Waals surface area (Å²) in [6, 6.07) is 3.45. The Bertz CT molecular complexity index is 1090. The fourth-order valence-corrected chi connectivity index (χ4v) is 5.38. The number of carbonyl (C=O) groups excluding carboxylic acids is 1. The average Bonchev–Trinajstić information content (AvgIpc) is 2.92. The molecular weight excluding hydrogens is 537 g/mol. The molecule has 1 saturated heterocycles. The molecule has 0 aromatic carbocycles. The summed E-state index contributed by atoms with van der Waals surface area (Å²) in [6.07, 6.45) is 13.1. The van der Waals surface area contributed by atoms with Crippen LogP contribution in [0.1, 0.15) is 63.6 Å². The Morgan fingerprint density at radius 2 is 1.87 bits per heavy atom. The number of nitrogens with zero attached hydrogens (tertiary/aromatic N) is 3. The van der Waals surface area contributed by atoms with E-state index < -0.39 is 0 Å². The van der Waals surface area contributed by atoms with Crippen molar-refractivity contribution in [2.75, 3.05) is 39.3 Å². The number of unbranched alkanes of at least 4 members (excludes halogenated alkanes) is 3. The summed E-state index contributed by atoms with van der Waals surface area (Å²) in [5.41, 5.74) is 1.41. The van der Waals surface area contributed by atoms with E-state index in [0.29, 0.717) is 23.8 Å². The van der Waals surface area contributed by atoms with Gasteiger partial charge in [0.05, 0.1) is 23.4 Å². The van der Waals surface area contributed by atoms with Crippen LogP contribution in [0.5, 0.6) is 0 Å². The van der Waals surface area contributed by atoms with E-state index in [9.17, 15) is 9.59 Å². The first-order chi connectivity index (χ1) is 18.8. The molecule has 0 radical (unpaired) electrons. The molecule has 39 heavy (non-hydrogen) atoms. The van der Waals surface area contributed by atoms with Crippen LogP contribution in [-0.4, -0.2) is 71.1 Å². The van der Waals surface area contributed by atoms with E-state index in [1.54, 1.807) is 6.07 Å². The van der Waals surface area contributed by atoms with E-state index in [0.717, 1.165) is 76.2 Å². The van der Waals surface area contributed by atoms with Crippen molar-refractivity contribution in [3.05, 3.63) is 62.8 Å². The highest BCUT2D eigenvalue weighted by Crippen LogP contribution is 2.27. The number of allylic oxidation sites excluding steroid dienone is 3.